The lowest BCUT2D eigenvalue weighted by atomic mass is 9.90. The highest BCUT2D eigenvalue weighted by Crippen LogP contribution is 2.26. The first kappa shape index (κ1) is 11.4. The molecule has 5 heteroatoms. The Kier molecular flexibility index (Phi) is 2.99. The highest BCUT2D eigenvalue weighted by Gasteiger charge is 2.38. The van der Waals surface area contributed by atoms with Gasteiger partial charge in [-0.05, 0) is 30.7 Å². The van der Waals surface area contributed by atoms with Gasteiger partial charge in [-0.2, -0.15) is 0 Å². The van der Waals surface area contributed by atoms with Crippen LogP contribution in [0.3, 0.4) is 0 Å². The molecule has 0 aliphatic carbocycles. The average molecular weight is 235 g/mol. The van der Waals surface area contributed by atoms with Crippen LogP contribution in [0.4, 0.5) is 0 Å². The second kappa shape index (κ2) is 4.45. The Morgan fingerprint density at radius 2 is 2.06 bits per heavy atom. The van der Waals surface area contributed by atoms with Crippen molar-refractivity contribution in [1.29, 1.82) is 0 Å². The van der Waals surface area contributed by atoms with Gasteiger partial charge in [0.25, 0.3) is 0 Å². The first-order valence-electron chi connectivity index (χ1n) is 5.39. The van der Waals surface area contributed by atoms with Gasteiger partial charge in [-0.1, -0.05) is 12.1 Å². The summed E-state index contributed by atoms with van der Waals surface area (Å²) in [6, 6.07) is 6.48. The maximum atomic E-state index is 11.0. The van der Waals surface area contributed by atoms with E-state index in [1.807, 2.05) is 6.92 Å². The van der Waals surface area contributed by atoms with E-state index >= 15 is 0 Å². The van der Waals surface area contributed by atoms with E-state index in [1.165, 1.54) is 0 Å². The molecule has 2 unspecified atom stereocenters. The van der Waals surface area contributed by atoms with Gasteiger partial charge in [-0.3, -0.25) is 0 Å². The average Bonchev–Trinajstić information content (AvgIpc) is 2.73. The third-order valence-corrected chi connectivity index (χ3v) is 2.83. The summed E-state index contributed by atoms with van der Waals surface area (Å²) in [6.45, 7) is 1.89. The minimum absolute atomic E-state index is 0.163. The molecule has 1 aromatic rings. The molecule has 1 aliphatic heterocycles. The number of hydrogen-bond acceptors (Lipinski definition) is 4. The molecule has 0 aromatic heterocycles. The number of rotatable bonds is 3. The second-order valence-electron chi connectivity index (χ2n) is 3.90. The van der Waals surface area contributed by atoms with E-state index < -0.39 is 12.1 Å². The molecule has 0 bridgehead atoms. The summed E-state index contributed by atoms with van der Waals surface area (Å²) in [7, 11) is 0. The highest BCUT2D eigenvalue weighted by molar-refractivity contribution is 6.05. The lowest BCUT2D eigenvalue weighted by Gasteiger charge is -2.13. The fraction of sp³-hybridized carbons (Fsp3) is 0.333. The topological polar surface area (TPSA) is 79.1 Å². The Labute approximate surface area is 98.3 Å². The third-order valence-electron chi connectivity index (χ3n) is 2.83. The Morgan fingerprint density at radius 1 is 1.41 bits per heavy atom. The molecule has 2 N–H and O–H groups in total. The van der Waals surface area contributed by atoms with Gasteiger partial charge in [0.2, 0.25) is 6.10 Å². The van der Waals surface area contributed by atoms with Gasteiger partial charge < -0.3 is 15.1 Å². The molecule has 1 aliphatic rings. The van der Waals surface area contributed by atoms with Crippen molar-refractivity contribution >= 4 is 11.7 Å². The van der Waals surface area contributed by atoms with Crippen LogP contribution in [0.5, 0.6) is 5.75 Å². The Balaban J connectivity index is 2.27. The zero-order chi connectivity index (χ0) is 12.4. The molecule has 17 heavy (non-hydrogen) atoms. The van der Waals surface area contributed by atoms with Gasteiger partial charge in [0.05, 0.1) is 11.6 Å². The molecule has 0 radical (unpaired) electrons. The molecule has 2 rings (SSSR count). The number of carboxylic acids is 1. The molecule has 1 aromatic carbocycles. The number of phenols is 1. The molecule has 0 fully saturated rings. The minimum atomic E-state index is -1.01. The molecular formula is C12H13NO4. The number of carboxylic acid groups (broad SMARTS) is 1. The molecule has 0 saturated carbocycles. The number of aliphatic carboxylic acids is 1. The molecule has 90 valence electrons. The van der Waals surface area contributed by atoms with Crippen molar-refractivity contribution in [2.75, 3.05) is 0 Å². The number of hydrogen-bond donors (Lipinski definition) is 2. The molecule has 0 saturated heterocycles. The minimum Gasteiger partial charge on any atom is -0.508 e. The van der Waals surface area contributed by atoms with Crippen molar-refractivity contribution in [3.8, 4) is 5.75 Å². The van der Waals surface area contributed by atoms with Crippen LogP contribution in [-0.2, 0) is 9.63 Å². The zero-order valence-corrected chi connectivity index (χ0v) is 9.33. The van der Waals surface area contributed by atoms with E-state index in [-0.39, 0.29) is 11.7 Å². The number of carbonyl (C=O) groups is 1. The molecule has 1 heterocycles. The summed E-state index contributed by atoms with van der Waals surface area (Å²) in [5.74, 6) is -1.09. The van der Waals surface area contributed by atoms with E-state index in [1.54, 1.807) is 24.3 Å². The quantitative estimate of drug-likeness (QED) is 0.834. The molecular weight excluding hydrogens is 222 g/mol. The smallest absolute Gasteiger partial charge is 0.348 e. The fourth-order valence-electron chi connectivity index (χ4n) is 1.92. The van der Waals surface area contributed by atoms with Crippen LogP contribution in [-0.4, -0.2) is 28.0 Å². The second-order valence-corrected chi connectivity index (χ2v) is 3.90. The monoisotopic (exact) mass is 235 g/mol. The van der Waals surface area contributed by atoms with Crippen molar-refractivity contribution in [1.82, 2.24) is 0 Å². The van der Waals surface area contributed by atoms with Crippen molar-refractivity contribution in [2.24, 2.45) is 11.1 Å². The number of aromatic hydroxyl groups is 1. The van der Waals surface area contributed by atoms with E-state index in [2.05, 4.69) is 5.16 Å². The lowest BCUT2D eigenvalue weighted by molar-refractivity contribution is -0.150. The largest absolute Gasteiger partial charge is 0.508 e. The van der Waals surface area contributed by atoms with Crippen LogP contribution in [0.15, 0.2) is 29.4 Å². The number of phenolic OH excluding ortho intramolecular Hbond substituents is 1. The van der Waals surface area contributed by atoms with E-state index in [0.29, 0.717) is 12.1 Å². The fourth-order valence-corrected chi connectivity index (χ4v) is 1.92. The van der Waals surface area contributed by atoms with E-state index in [4.69, 9.17) is 9.94 Å². The molecule has 0 amide bonds. The van der Waals surface area contributed by atoms with Gasteiger partial charge in [0.15, 0.2) is 0 Å². The van der Waals surface area contributed by atoms with Crippen LogP contribution in [0.1, 0.15) is 18.9 Å². The van der Waals surface area contributed by atoms with E-state index in [9.17, 15) is 9.90 Å². The van der Waals surface area contributed by atoms with Gasteiger partial charge in [0.1, 0.15) is 5.75 Å². The third kappa shape index (κ3) is 2.08. The van der Waals surface area contributed by atoms with Crippen LogP contribution in [0, 0.1) is 5.92 Å². The summed E-state index contributed by atoms with van der Waals surface area (Å²) in [5, 5.41) is 22.0. The Morgan fingerprint density at radius 3 is 2.59 bits per heavy atom. The highest BCUT2D eigenvalue weighted by atomic mass is 16.7. The normalized spacial score (nSPS) is 23.0. The van der Waals surface area contributed by atoms with Crippen molar-refractivity contribution < 1.29 is 19.8 Å². The summed E-state index contributed by atoms with van der Waals surface area (Å²) in [4.78, 5) is 15.9. The summed E-state index contributed by atoms with van der Waals surface area (Å²) in [5.41, 5.74) is 1.40. The van der Waals surface area contributed by atoms with Crippen LogP contribution >= 0.6 is 0 Å². The summed E-state index contributed by atoms with van der Waals surface area (Å²) in [6.07, 6.45) is -0.278. The van der Waals surface area contributed by atoms with Crippen molar-refractivity contribution in [3.05, 3.63) is 29.8 Å². The number of benzene rings is 1. The van der Waals surface area contributed by atoms with Gasteiger partial charge >= 0.3 is 5.97 Å². The number of oxime groups is 1. The Hall–Kier alpha value is -2.04. The van der Waals surface area contributed by atoms with Crippen LogP contribution in [0.2, 0.25) is 0 Å². The summed E-state index contributed by atoms with van der Waals surface area (Å²) < 4.78 is 0. The maximum absolute atomic E-state index is 11.0. The maximum Gasteiger partial charge on any atom is 0.348 e. The first-order chi connectivity index (χ1) is 8.13. The van der Waals surface area contributed by atoms with E-state index in [0.717, 1.165) is 5.56 Å². The molecule has 0 spiro atoms. The predicted octanol–water partition coefficient (Wildman–Crippen LogP) is 1.61. The van der Waals surface area contributed by atoms with Gasteiger partial charge in [-0.25, -0.2) is 4.79 Å². The Bertz CT molecular complexity index is 452. The SMILES string of the molecule is CCC1C(c2ccc(O)cc2)=NOC1C(=O)O. The first-order valence-corrected chi connectivity index (χ1v) is 5.39. The standard InChI is InChI=1S/C12H13NO4/c1-2-9-10(13-17-11(9)12(15)16)7-3-5-8(14)6-4-7/h3-6,9,11,14H,2H2,1H3,(H,15,16). The molecule has 5 nitrogen and oxygen atoms in total. The lowest BCUT2D eigenvalue weighted by Crippen LogP contribution is -2.30. The van der Waals surface area contributed by atoms with Gasteiger partial charge in [-0.15, -0.1) is 0 Å². The van der Waals surface area contributed by atoms with Crippen molar-refractivity contribution in [3.63, 3.8) is 0 Å². The predicted molar refractivity (Wildman–Crippen MR) is 60.9 cm³/mol. The zero-order valence-electron chi connectivity index (χ0n) is 9.33. The van der Waals surface area contributed by atoms with Gasteiger partial charge in [0, 0.05) is 5.56 Å². The van der Waals surface area contributed by atoms with Crippen molar-refractivity contribution in [2.45, 2.75) is 19.4 Å². The van der Waals surface area contributed by atoms with Crippen LogP contribution in [0.25, 0.3) is 0 Å². The summed E-state index contributed by atoms with van der Waals surface area (Å²) >= 11 is 0. The van der Waals surface area contributed by atoms with Crippen LogP contribution < -0.4 is 0 Å². The molecule has 2 atom stereocenters. The number of nitrogens with zero attached hydrogens (tertiary/aromatic N) is 1.